The highest BCUT2D eigenvalue weighted by atomic mass is 16.1. The van der Waals surface area contributed by atoms with Crippen molar-refractivity contribution < 1.29 is 4.79 Å². The molecule has 0 unspecified atom stereocenters. The average Bonchev–Trinajstić information content (AvgIpc) is 2.20. The molecule has 0 atom stereocenters. The summed E-state index contributed by atoms with van der Waals surface area (Å²) in [7, 11) is 0. The molecular weight excluding hydrogens is 186 g/mol. The number of unbranched alkanes of at least 4 members (excludes halogenated alkanes) is 1. The van der Waals surface area contributed by atoms with E-state index in [2.05, 4.69) is 33.0 Å². The Hall–Kier alpha value is -0.530. The lowest BCUT2D eigenvalue weighted by Crippen LogP contribution is -2.32. The second-order valence-corrected chi connectivity index (χ2v) is 4.56. The van der Waals surface area contributed by atoms with Gasteiger partial charge in [0.2, 0.25) is 5.91 Å². The first-order valence-electron chi connectivity index (χ1n) is 6.24. The monoisotopic (exact) mass is 212 g/mol. The van der Waals surface area contributed by atoms with E-state index >= 15 is 0 Å². The summed E-state index contributed by atoms with van der Waals surface area (Å²) in [5.74, 6) is 1.79. The number of nitrogens with one attached hydrogen (secondary N) is 1. The summed E-state index contributed by atoms with van der Waals surface area (Å²) < 4.78 is 0. The first kappa shape index (κ1) is 14.5. The van der Waals surface area contributed by atoms with Crippen molar-refractivity contribution in [2.45, 2.75) is 59.8 Å². The molecule has 0 saturated heterocycles. The third kappa shape index (κ3) is 7.40. The molecule has 0 aromatic heterocycles. The Labute approximate surface area is 94.8 Å². The highest BCUT2D eigenvalue weighted by molar-refractivity contribution is 5.89. The molecule has 0 heterocycles. The van der Waals surface area contributed by atoms with Gasteiger partial charge in [-0.25, -0.2) is 0 Å². The van der Waals surface area contributed by atoms with Crippen molar-refractivity contribution in [1.29, 1.82) is 0 Å². The Morgan fingerprint density at radius 1 is 1.13 bits per heavy atom. The number of rotatable bonds is 8. The van der Waals surface area contributed by atoms with Gasteiger partial charge >= 0.3 is 0 Å². The highest BCUT2D eigenvalue weighted by Crippen LogP contribution is 2.17. The van der Waals surface area contributed by atoms with Gasteiger partial charge in [0.25, 0.3) is 0 Å². The van der Waals surface area contributed by atoms with Crippen LogP contribution in [0.2, 0.25) is 0 Å². The second kappa shape index (κ2) is 8.75. The molecule has 0 aromatic carbocycles. The van der Waals surface area contributed by atoms with Gasteiger partial charge in [0.05, 0.1) is 5.92 Å². The summed E-state index contributed by atoms with van der Waals surface area (Å²) in [6.45, 7) is 9.31. The van der Waals surface area contributed by atoms with Gasteiger partial charge in [-0.2, -0.15) is 0 Å². The number of amides is 1. The van der Waals surface area contributed by atoms with Crippen LogP contribution in [0, 0.1) is 11.8 Å². The molecule has 89 valence electrons. The molecular formula is C13H26NO. The fourth-order valence-electron chi connectivity index (χ4n) is 1.47. The molecule has 0 fully saturated rings. The van der Waals surface area contributed by atoms with Crippen LogP contribution in [-0.2, 0) is 4.79 Å². The van der Waals surface area contributed by atoms with E-state index < -0.39 is 0 Å². The van der Waals surface area contributed by atoms with Crippen molar-refractivity contribution in [2.24, 2.45) is 5.92 Å². The Morgan fingerprint density at radius 3 is 2.27 bits per heavy atom. The van der Waals surface area contributed by atoms with Crippen LogP contribution in [0.4, 0.5) is 0 Å². The predicted octanol–water partition coefficient (Wildman–Crippen LogP) is 3.32. The van der Waals surface area contributed by atoms with Crippen molar-refractivity contribution in [3.05, 3.63) is 5.92 Å². The first-order chi connectivity index (χ1) is 7.11. The quantitative estimate of drug-likeness (QED) is 0.657. The van der Waals surface area contributed by atoms with Crippen molar-refractivity contribution in [1.82, 2.24) is 5.32 Å². The molecule has 0 bridgehead atoms. The SMILES string of the molecule is CCCC[C](CCC)C(=O)NCC(C)C. The van der Waals surface area contributed by atoms with Crippen LogP contribution in [0.3, 0.4) is 0 Å². The zero-order chi connectivity index (χ0) is 11.7. The van der Waals surface area contributed by atoms with Gasteiger partial charge in [0, 0.05) is 6.54 Å². The number of hydrogen-bond donors (Lipinski definition) is 1. The molecule has 0 spiro atoms. The van der Waals surface area contributed by atoms with Gasteiger partial charge in [0.1, 0.15) is 0 Å². The third-order valence-electron chi connectivity index (χ3n) is 2.38. The van der Waals surface area contributed by atoms with Crippen molar-refractivity contribution in [3.63, 3.8) is 0 Å². The Kier molecular flexibility index (Phi) is 8.44. The summed E-state index contributed by atoms with van der Waals surface area (Å²) in [6.07, 6.45) is 5.27. The number of carbonyl (C=O) groups excluding carboxylic acids is 1. The summed E-state index contributed by atoms with van der Waals surface area (Å²) in [6, 6.07) is 0. The lowest BCUT2D eigenvalue weighted by molar-refractivity contribution is -0.119. The minimum atomic E-state index is 0.180. The van der Waals surface area contributed by atoms with Crippen molar-refractivity contribution in [3.8, 4) is 0 Å². The Bertz CT molecular complexity index is 166. The van der Waals surface area contributed by atoms with Crippen LogP contribution in [-0.4, -0.2) is 12.5 Å². The van der Waals surface area contributed by atoms with Crippen LogP contribution in [0.1, 0.15) is 59.8 Å². The van der Waals surface area contributed by atoms with E-state index in [4.69, 9.17) is 0 Å². The lowest BCUT2D eigenvalue weighted by Gasteiger charge is -2.15. The van der Waals surface area contributed by atoms with Crippen LogP contribution in [0.25, 0.3) is 0 Å². The van der Waals surface area contributed by atoms with E-state index in [1.807, 2.05) is 0 Å². The highest BCUT2D eigenvalue weighted by Gasteiger charge is 2.17. The average molecular weight is 212 g/mol. The molecule has 2 nitrogen and oxygen atoms in total. The van der Waals surface area contributed by atoms with Gasteiger partial charge in [-0.3, -0.25) is 4.79 Å². The molecule has 0 aliphatic carbocycles. The molecule has 0 aliphatic rings. The van der Waals surface area contributed by atoms with Crippen molar-refractivity contribution >= 4 is 5.91 Å². The predicted molar refractivity (Wildman–Crippen MR) is 65.5 cm³/mol. The number of hydrogen-bond acceptors (Lipinski definition) is 1. The van der Waals surface area contributed by atoms with Gasteiger partial charge in [-0.15, -0.1) is 0 Å². The zero-order valence-corrected chi connectivity index (χ0v) is 10.7. The molecule has 0 saturated carbocycles. The van der Waals surface area contributed by atoms with Crippen molar-refractivity contribution in [2.75, 3.05) is 6.54 Å². The summed E-state index contributed by atoms with van der Waals surface area (Å²) in [5.41, 5.74) is 0. The first-order valence-corrected chi connectivity index (χ1v) is 6.24. The standard InChI is InChI=1S/C13H26NO/c1-5-7-9-12(8-6-2)13(15)14-10-11(3)4/h11H,5-10H2,1-4H3,(H,14,15). The van der Waals surface area contributed by atoms with E-state index in [0.717, 1.165) is 44.6 Å². The topological polar surface area (TPSA) is 29.1 Å². The largest absolute Gasteiger partial charge is 0.355 e. The minimum absolute atomic E-state index is 0.180. The third-order valence-corrected chi connectivity index (χ3v) is 2.38. The normalized spacial score (nSPS) is 11.1. The lowest BCUT2D eigenvalue weighted by atomic mass is 9.96. The number of carbonyl (C=O) groups is 1. The van der Waals surface area contributed by atoms with Crippen LogP contribution in [0.15, 0.2) is 0 Å². The second-order valence-electron chi connectivity index (χ2n) is 4.56. The summed E-state index contributed by atoms with van der Waals surface area (Å²) in [4.78, 5) is 11.8. The van der Waals surface area contributed by atoms with E-state index in [9.17, 15) is 4.79 Å². The zero-order valence-electron chi connectivity index (χ0n) is 10.7. The van der Waals surface area contributed by atoms with E-state index in [1.165, 1.54) is 0 Å². The Morgan fingerprint density at radius 2 is 1.80 bits per heavy atom. The van der Waals surface area contributed by atoms with Gasteiger partial charge in [-0.05, 0) is 18.8 Å². The fraction of sp³-hybridized carbons (Fsp3) is 0.846. The summed E-state index contributed by atoms with van der Waals surface area (Å²) >= 11 is 0. The molecule has 2 heteroatoms. The van der Waals surface area contributed by atoms with Gasteiger partial charge < -0.3 is 5.32 Å². The maximum Gasteiger partial charge on any atom is 0.227 e. The fourth-order valence-corrected chi connectivity index (χ4v) is 1.47. The summed E-state index contributed by atoms with van der Waals surface area (Å²) in [5, 5.41) is 3.00. The van der Waals surface area contributed by atoms with Gasteiger partial charge in [0.15, 0.2) is 0 Å². The molecule has 15 heavy (non-hydrogen) atoms. The van der Waals surface area contributed by atoms with Gasteiger partial charge in [-0.1, -0.05) is 47.0 Å². The molecule has 0 rings (SSSR count). The maximum atomic E-state index is 11.8. The molecule has 1 radical (unpaired) electrons. The molecule has 1 amide bonds. The molecule has 1 N–H and O–H groups in total. The van der Waals surface area contributed by atoms with E-state index in [-0.39, 0.29) is 5.91 Å². The minimum Gasteiger partial charge on any atom is -0.355 e. The smallest absolute Gasteiger partial charge is 0.227 e. The van der Waals surface area contributed by atoms with Crippen LogP contribution in [0.5, 0.6) is 0 Å². The van der Waals surface area contributed by atoms with Crippen LogP contribution >= 0.6 is 0 Å². The maximum absolute atomic E-state index is 11.8. The Balaban J connectivity index is 3.92. The molecule has 0 aliphatic heterocycles. The van der Waals surface area contributed by atoms with E-state index in [1.54, 1.807) is 0 Å². The van der Waals surface area contributed by atoms with Crippen LogP contribution < -0.4 is 5.32 Å². The van der Waals surface area contributed by atoms with E-state index in [0.29, 0.717) is 5.92 Å². The molecule has 0 aromatic rings.